The van der Waals surface area contributed by atoms with E-state index in [9.17, 15) is 20.0 Å². The Morgan fingerprint density at radius 3 is 2.46 bits per heavy atom. The van der Waals surface area contributed by atoms with Crippen LogP contribution >= 0.6 is 0 Å². The molecule has 1 aromatic heterocycles. The summed E-state index contributed by atoms with van der Waals surface area (Å²) in [4.78, 5) is 32.2. The summed E-state index contributed by atoms with van der Waals surface area (Å²) in [5.74, 6) is -0.0771. The smallest absolute Gasteiger partial charge is 0.289 e. The summed E-state index contributed by atoms with van der Waals surface area (Å²) >= 11 is 0. The first-order valence-corrected chi connectivity index (χ1v) is 11.3. The van der Waals surface area contributed by atoms with Crippen LogP contribution in [-0.2, 0) is 19.5 Å². The molecule has 9 nitrogen and oxygen atoms in total. The summed E-state index contributed by atoms with van der Waals surface area (Å²) in [6.07, 6.45) is 1.97. The molecule has 35 heavy (non-hydrogen) atoms. The average Bonchev–Trinajstić information content (AvgIpc) is 3.30. The van der Waals surface area contributed by atoms with E-state index in [0.29, 0.717) is 35.0 Å². The quantitative estimate of drug-likeness (QED) is 0.558. The van der Waals surface area contributed by atoms with E-state index in [-0.39, 0.29) is 13.1 Å². The maximum Gasteiger partial charge on any atom is 0.289 e. The highest BCUT2D eigenvalue weighted by Gasteiger charge is 2.32. The predicted octanol–water partition coefficient (Wildman–Crippen LogP) is 3.33. The van der Waals surface area contributed by atoms with E-state index in [1.165, 1.54) is 23.7 Å². The number of fused-ring (bicyclic) bond motifs is 1. The molecule has 2 heterocycles. The Hall–Kier alpha value is -4.32. The van der Waals surface area contributed by atoms with Crippen LogP contribution in [0.15, 0.2) is 41.2 Å². The number of hydrogen-bond donors (Lipinski definition) is 1. The summed E-state index contributed by atoms with van der Waals surface area (Å²) < 4.78 is 12.4. The fraction of sp³-hybridized carbons (Fsp3) is 0.308. The minimum atomic E-state index is -0.794. The van der Waals surface area contributed by atoms with Gasteiger partial charge in [0.1, 0.15) is 23.0 Å². The average molecular weight is 475 g/mol. The van der Waals surface area contributed by atoms with Crippen molar-refractivity contribution in [2.75, 3.05) is 14.2 Å². The minimum Gasteiger partial charge on any atom is -0.494 e. The fourth-order valence-electron chi connectivity index (χ4n) is 4.30. The van der Waals surface area contributed by atoms with Gasteiger partial charge in [0.25, 0.3) is 11.5 Å². The summed E-state index contributed by atoms with van der Waals surface area (Å²) in [5.41, 5.74) is 1.34. The first kappa shape index (κ1) is 23.8. The SMILES string of the molecule is CCCCc1nc(=O)c(C(=O)N2Cc3ccc(C#N)cc3C2)c(O)n1-c1c(OC)cccc1OC. The van der Waals surface area contributed by atoms with Crippen molar-refractivity contribution in [2.24, 2.45) is 0 Å². The molecule has 1 aliphatic rings. The number of rotatable bonds is 7. The van der Waals surface area contributed by atoms with Gasteiger partial charge in [-0.15, -0.1) is 0 Å². The second-order valence-corrected chi connectivity index (χ2v) is 8.24. The zero-order valence-electron chi connectivity index (χ0n) is 19.9. The lowest BCUT2D eigenvalue weighted by atomic mass is 10.1. The number of unbranched alkanes of at least 4 members (excludes halogenated alkanes) is 1. The number of hydrogen-bond acceptors (Lipinski definition) is 7. The molecule has 0 bridgehead atoms. The predicted molar refractivity (Wildman–Crippen MR) is 128 cm³/mol. The largest absolute Gasteiger partial charge is 0.494 e. The summed E-state index contributed by atoms with van der Waals surface area (Å²) in [7, 11) is 2.97. The molecule has 0 atom stereocenters. The van der Waals surface area contributed by atoms with Crippen LogP contribution in [0.2, 0.25) is 0 Å². The fourth-order valence-corrected chi connectivity index (χ4v) is 4.30. The van der Waals surface area contributed by atoms with E-state index in [1.54, 1.807) is 36.4 Å². The van der Waals surface area contributed by atoms with Crippen LogP contribution in [0.1, 0.15) is 52.6 Å². The van der Waals surface area contributed by atoms with Crippen LogP contribution < -0.4 is 15.0 Å². The first-order chi connectivity index (χ1) is 16.9. The highest BCUT2D eigenvalue weighted by atomic mass is 16.5. The number of benzene rings is 2. The normalized spacial score (nSPS) is 12.2. The van der Waals surface area contributed by atoms with Crippen molar-refractivity contribution in [3.63, 3.8) is 0 Å². The highest BCUT2D eigenvalue weighted by Crippen LogP contribution is 2.37. The molecule has 9 heteroatoms. The number of nitrogens with zero attached hydrogens (tertiary/aromatic N) is 4. The number of aromatic nitrogens is 2. The van der Waals surface area contributed by atoms with E-state index in [1.807, 2.05) is 6.92 Å². The molecule has 0 spiro atoms. The second kappa shape index (κ2) is 9.89. The molecule has 0 fully saturated rings. The van der Waals surface area contributed by atoms with Gasteiger partial charge < -0.3 is 19.5 Å². The Labute approximate surface area is 202 Å². The molecule has 0 aliphatic carbocycles. The number of aromatic hydroxyl groups is 1. The number of amides is 1. The van der Waals surface area contributed by atoms with Crippen LogP contribution in [0.4, 0.5) is 0 Å². The number of carbonyl (C=O) groups excluding carboxylic acids is 1. The lowest BCUT2D eigenvalue weighted by Gasteiger charge is -2.22. The van der Waals surface area contributed by atoms with E-state index in [2.05, 4.69) is 11.1 Å². The van der Waals surface area contributed by atoms with Crippen LogP contribution in [0.3, 0.4) is 0 Å². The van der Waals surface area contributed by atoms with Crippen molar-refractivity contribution in [3.8, 4) is 29.1 Å². The maximum absolute atomic E-state index is 13.5. The molecule has 0 unspecified atom stereocenters. The van der Waals surface area contributed by atoms with Crippen molar-refractivity contribution in [3.05, 3.63) is 74.8 Å². The third-order valence-electron chi connectivity index (χ3n) is 6.08. The van der Waals surface area contributed by atoms with Gasteiger partial charge >= 0.3 is 0 Å². The van der Waals surface area contributed by atoms with Crippen molar-refractivity contribution in [2.45, 2.75) is 39.3 Å². The van der Waals surface area contributed by atoms with Gasteiger partial charge in [0.2, 0.25) is 5.88 Å². The number of nitriles is 1. The topological polar surface area (TPSA) is 118 Å². The molecule has 0 radical (unpaired) electrons. The van der Waals surface area contributed by atoms with E-state index in [0.717, 1.165) is 24.0 Å². The van der Waals surface area contributed by atoms with Crippen LogP contribution in [0.5, 0.6) is 17.4 Å². The van der Waals surface area contributed by atoms with E-state index < -0.39 is 22.9 Å². The monoisotopic (exact) mass is 474 g/mol. The van der Waals surface area contributed by atoms with Crippen molar-refractivity contribution < 1.29 is 19.4 Å². The maximum atomic E-state index is 13.5. The molecular formula is C26H26N4O5. The zero-order valence-corrected chi connectivity index (χ0v) is 19.9. The molecule has 0 saturated carbocycles. The number of para-hydroxylation sites is 1. The third-order valence-corrected chi connectivity index (χ3v) is 6.08. The van der Waals surface area contributed by atoms with Crippen molar-refractivity contribution in [1.29, 1.82) is 5.26 Å². The molecular weight excluding hydrogens is 448 g/mol. The van der Waals surface area contributed by atoms with E-state index >= 15 is 0 Å². The Kier molecular flexibility index (Phi) is 6.73. The van der Waals surface area contributed by atoms with Gasteiger partial charge in [-0.2, -0.15) is 10.2 Å². The molecule has 0 saturated heterocycles. The Morgan fingerprint density at radius 1 is 1.14 bits per heavy atom. The summed E-state index contributed by atoms with van der Waals surface area (Å²) in [5, 5.41) is 20.6. The number of ether oxygens (including phenoxy) is 2. The first-order valence-electron chi connectivity index (χ1n) is 11.3. The number of aryl methyl sites for hydroxylation is 1. The minimum absolute atomic E-state index is 0.220. The Balaban J connectivity index is 1.86. The van der Waals surface area contributed by atoms with Crippen molar-refractivity contribution >= 4 is 5.91 Å². The molecule has 1 N–H and O–H groups in total. The van der Waals surface area contributed by atoms with E-state index in [4.69, 9.17) is 9.47 Å². The van der Waals surface area contributed by atoms with Gasteiger partial charge in [-0.25, -0.2) is 0 Å². The van der Waals surface area contributed by atoms with Crippen LogP contribution in [-0.4, -0.2) is 39.7 Å². The summed E-state index contributed by atoms with van der Waals surface area (Å²) in [6, 6.07) is 12.4. The standard InChI is InChI=1S/C26H26N4O5/c1-4-5-9-21-28-24(31)22(25(32)29-14-17-11-10-16(13-27)12-18(17)15-29)26(33)30(21)23-19(34-2)7-6-8-20(23)35-3/h6-8,10-12,33H,4-5,9,14-15H2,1-3H3. The molecule has 180 valence electrons. The number of methoxy groups -OCH3 is 2. The van der Waals surface area contributed by atoms with Gasteiger partial charge in [-0.1, -0.05) is 25.5 Å². The second-order valence-electron chi connectivity index (χ2n) is 8.24. The zero-order chi connectivity index (χ0) is 25.1. The van der Waals surface area contributed by atoms with Gasteiger partial charge in [-0.05, 0) is 41.8 Å². The van der Waals surface area contributed by atoms with Gasteiger partial charge in [-0.3, -0.25) is 14.2 Å². The highest BCUT2D eigenvalue weighted by molar-refractivity contribution is 5.96. The van der Waals surface area contributed by atoms with Gasteiger partial charge in [0.05, 0.1) is 25.9 Å². The Bertz CT molecular complexity index is 1370. The van der Waals surface area contributed by atoms with Gasteiger partial charge in [0, 0.05) is 19.5 Å². The third kappa shape index (κ3) is 4.30. The Morgan fingerprint density at radius 2 is 1.83 bits per heavy atom. The lowest BCUT2D eigenvalue weighted by Crippen LogP contribution is -2.33. The summed E-state index contributed by atoms with van der Waals surface area (Å²) in [6.45, 7) is 2.49. The van der Waals surface area contributed by atoms with Crippen LogP contribution in [0.25, 0.3) is 5.69 Å². The number of carbonyl (C=O) groups is 1. The van der Waals surface area contributed by atoms with Crippen molar-refractivity contribution in [1.82, 2.24) is 14.5 Å². The molecule has 3 aromatic rings. The molecule has 2 aromatic carbocycles. The molecule has 1 amide bonds. The lowest BCUT2D eigenvalue weighted by molar-refractivity contribution is 0.0744. The molecule has 4 rings (SSSR count). The molecule has 1 aliphatic heterocycles. The van der Waals surface area contributed by atoms with Gasteiger partial charge in [0.15, 0.2) is 5.56 Å². The van der Waals surface area contributed by atoms with Crippen LogP contribution in [0, 0.1) is 11.3 Å².